The molecule has 2 heterocycles. The number of rotatable bonds is 7. The molecule has 7 nitrogen and oxygen atoms in total. The first-order chi connectivity index (χ1) is 13.2. The van der Waals surface area contributed by atoms with E-state index in [9.17, 15) is 9.59 Å². The standard InChI is InChI=1S/C20H27N3O4/c24-13-12-23-10-8-22(9-11-23)7-6-21-15-17-18(25)14-19(27-20(17)26)16-4-2-1-3-5-16/h1-5,15,19,21,24H,6-14H2/b17-15-. The molecule has 0 amide bonds. The van der Waals surface area contributed by atoms with Crippen LogP contribution in [0, 0.1) is 0 Å². The SMILES string of the molecule is O=C1CC(c2ccccc2)OC(=O)/C1=C\NCCN1CCN(CCO)CC1. The molecule has 3 rings (SSSR count). The van der Waals surface area contributed by atoms with E-state index >= 15 is 0 Å². The third kappa shape index (κ3) is 5.38. The van der Waals surface area contributed by atoms with E-state index in [4.69, 9.17) is 9.84 Å². The summed E-state index contributed by atoms with van der Waals surface area (Å²) in [5.41, 5.74) is 0.932. The summed E-state index contributed by atoms with van der Waals surface area (Å²) in [6.45, 7) is 6.24. The lowest BCUT2D eigenvalue weighted by Gasteiger charge is -2.34. The molecule has 1 aromatic rings. The topological polar surface area (TPSA) is 82.1 Å². The molecule has 0 saturated carbocycles. The highest BCUT2D eigenvalue weighted by Crippen LogP contribution is 2.28. The Bertz CT molecular complexity index is 649. The Morgan fingerprint density at radius 2 is 1.74 bits per heavy atom. The molecule has 2 fully saturated rings. The molecule has 1 aromatic carbocycles. The van der Waals surface area contributed by atoms with Crippen molar-refractivity contribution >= 4 is 11.8 Å². The monoisotopic (exact) mass is 373 g/mol. The zero-order chi connectivity index (χ0) is 19.1. The lowest BCUT2D eigenvalue weighted by atomic mass is 9.97. The van der Waals surface area contributed by atoms with Gasteiger partial charge in [0.15, 0.2) is 5.78 Å². The second kappa shape index (κ2) is 9.64. The van der Waals surface area contributed by atoms with Crippen molar-refractivity contribution < 1.29 is 19.4 Å². The number of piperazine rings is 1. The zero-order valence-corrected chi connectivity index (χ0v) is 15.5. The Morgan fingerprint density at radius 1 is 1.07 bits per heavy atom. The zero-order valence-electron chi connectivity index (χ0n) is 15.5. The molecule has 0 spiro atoms. The number of Topliss-reactive ketones (excluding diaryl/α,β-unsaturated/α-hetero) is 1. The van der Waals surface area contributed by atoms with Gasteiger partial charge >= 0.3 is 5.97 Å². The van der Waals surface area contributed by atoms with Crippen molar-refractivity contribution in [3.63, 3.8) is 0 Å². The van der Waals surface area contributed by atoms with Gasteiger partial charge in [0.25, 0.3) is 0 Å². The maximum absolute atomic E-state index is 12.3. The second-order valence-electron chi connectivity index (χ2n) is 6.85. The molecule has 2 aliphatic rings. The molecule has 7 heteroatoms. The number of ether oxygens (including phenoxy) is 1. The van der Waals surface area contributed by atoms with Gasteiger partial charge in [-0.25, -0.2) is 4.79 Å². The average molecular weight is 373 g/mol. The van der Waals surface area contributed by atoms with E-state index in [1.165, 1.54) is 6.20 Å². The number of aliphatic hydroxyl groups excluding tert-OH is 1. The van der Waals surface area contributed by atoms with E-state index in [1.54, 1.807) is 0 Å². The maximum Gasteiger partial charge on any atom is 0.343 e. The van der Waals surface area contributed by atoms with Gasteiger partial charge in [-0.2, -0.15) is 0 Å². The molecule has 0 aliphatic carbocycles. The van der Waals surface area contributed by atoms with Crippen LogP contribution in [0.1, 0.15) is 18.1 Å². The van der Waals surface area contributed by atoms with Crippen LogP contribution in [0.3, 0.4) is 0 Å². The maximum atomic E-state index is 12.3. The van der Waals surface area contributed by atoms with Gasteiger partial charge < -0.3 is 15.2 Å². The largest absolute Gasteiger partial charge is 0.453 e. The number of hydrogen-bond donors (Lipinski definition) is 2. The second-order valence-corrected chi connectivity index (χ2v) is 6.85. The first-order valence-electron chi connectivity index (χ1n) is 9.45. The van der Waals surface area contributed by atoms with Crippen molar-refractivity contribution in [3.8, 4) is 0 Å². The molecule has 1 atom stereocenters. The smallest absolute Gasteiger partial charge is 0.343 e. The van der Waals surface area contributed by atoms with Gasteiger partial charge in [0.1, 0.15) is 11.7 Å². The fourth-order valence-corrected chi connectivity index (χ4v) is 3.39. The Morgan fingerprint density at radius 3 is 2.37 bits per heavy atom. The fraction of sp³-hybridized carbons (Fsp3) is 0.500. The number of carbonyl (C=O) groups excluding carboxylic acids is 2. The predicted octanol–water partition coefficient (Wildman–Crippen LogP) is 0.327. The number of esters is 1. The third-order valence-electron chi connectivity index (χ3n) is 5.01. The molecule has 1 unspecified atom stereocenters. The third-order valence-corrected chi connectivity index (χ3v) is 5.01. The average Bonchev–Trinajstić information content (AvgIpc) is 2.69. The highest BCUT2D eigenvalue weighted by Gasteiger charge is 2.32. The highest BCUT2D eigenvalue weighted by atomic mass is 16.5. The lowest BCUT2D eigenvalue weighted by molar-refractivity contribution is -0.151. The van der Waals surface area contributed by atoms with Crippen molar-refractivity contribution in [1.82, 2.24) is 15.1 Å². The number of β-amino-alcohol motifs (C(OH)–C–C–N with tert-alkyl or cyclic N) is 1. The van der Waals surface area contributed by atoms with Gasteiger partial charge in [0.05, 0.1) is 13.0 Å². The van der Waals surface area contributed by atoms with Crippen molar-refractivity contribution in [2.45, 2.75) is 12.5 Å². The number of aliphatic hydroxyl groups is 1. The van der Waals surface area contributed by atoms with E-state index in [2.05, 4.69) is 15.1 Å². The summed E-state index contributed by atoms with van der Waals surface area (Å²) in [6.07, 6.45) is 1.17. The quantitative estimate of drug-likeness (QED) is 0.308. The van der Waals surface area contributed by atoms with Crippen LogP contribution in [-0.4, -0.2) is 79.1 Å². The van der Waals surface area contributed by atoms with Gasteiger partial charge in [-0.1, -0.05) is 30.3 Å². The normalized spacial score (nSPS) is 23.4. The highest BCUT2D eigenvalue weighted by molar-refractivity contribution is 6.18. The van der Waals surface area contributed by atoms with Gasteiger partial charge in [-0.15, -0.1) is 0 Å². The van der Waals surface area contributed by atoms with E-state index in [0.717, 1.165) is 44.8 Å². The number of nitrogens with one attached hydrogen (secondary N) is 1. The van der Waals surface area contributed by atoms with Gasteiger partial charge in [-0.3, -0.25) is 14.6 Å². The minimum atomic E-state index is -0.565. The molecule has 0 bridgehead atoms. The molecular weight excluding hydrogens is 346 g/mol. The predicted molar refractivity (Wildman–Crippen MR) is 101 cm³/mol. The van der Waals surface area contributed by atoms with E-state index in [-0.39, 0.29) is 24.4 Å². The van der Waals surface area contributed by atoms with Crippen LogP contribution < -0.4 is 5.32 Å². The number of cyclic esters (lactones) is 1. The van der Waals surface area contributed by atoms with E-state index in [0.29, 0.717) is 6.54 Å². The minimum Gasteiger partial charge on any atom is -0.453 e. The van der Waals surface area contributed by atoms with Crippen LogP contribution in [0.15, 0.2) is 42.1 Å². The van der Waals surface area contributed by atoms with Crippen molar-refractivity contribution in [2.24, 2.45) is 0 Å². The van der Waals surface area contributed by atoms with Crippen LogP contribution in [0.25, 0.3) is 0 Å². The molecule has 2 aliphatic heterocycles. The first-order valence-corrected chi connectivity index (χ1v) is 9.45. The van der Waals surface area contributed by atoms with Crippen molar-refractivity contribution in [3.05, 3.63) is 47.7 Å². The Kier molecular flexibility index (Phi) is 6.98. The summed E-state index contributed by atoms with van der Waals surface area (Å²) < 4.78 is 5.43. The summed E-state index contributed by atoms with van der Waals surface area (Å²) in [5.74, 6) is -0.754. The van der Waals surface area contributed by atoms with Crippen LogP contribution in [0.4, 0.5) is 0 Å². The van der Waals surface area contributed by atoms with E-state index < -0.39 is 12.1 Å². The number of hydrogen-bond acceptors (Lipinski definition) is 7. The van der Waals surface area contributed by atoms with Crippen LogP contribution in [0.5, 0.6) is 0 Å². The summed E-state index contributed by atoms with van der Waals surface area (Å²) >= 11 is 0. The summed E-state index contributed by atoms with van der Waals surface area (Å²) in [4.78, 5) is 29.1. The molecule has 27 heavy (non-hydrogen) atoms. The summed E-state index contributed by atoms with van der Waals surface area (Å²) in [6, 6.07) is 9.34. The summed E-state index contributed by atoms with van der Waals surface area (Å²) in [5, 5.41) is 12.0. The Labute approximate surface area is 159 Å². The molecule has 146 valence electrons. The Balaban J connectivity index is 1.43. The number of nitrogens with zero attached hydrogens (tertiary/aromatic N) is 2. The van der Waals surface area contributed by atoms with Gasteiger partial charge in [-0.05, 0) is 5.56 Å². The van der Waals surface area contributed by atoms with Crippen LogP contribution in [0.2, 0.25) is 0 Å². The van der Waals surface area contributed by atoms with E-state index in [1.807, 2.05) is 30.3 Å². The fourth-order valence-electron chi connectivity index (χ4n) is 3.39. The number of carbonyl (C=O) groups is 2. The van der Waals surface area contributed by atoms with Gasteiger partial charge in [0.2, 0.25) is 0 Å². The molecule has 0 radical (unpaired) electrons. The Hall–Kier alpha value is -2.22. The lowest BCUT2D eigenvalue weighted by Crippen LogP contribution is -2.48. The molecule has 2 saturated heterocycles. The molecule has 2 N–H and O–H groups in total. The van der Waals surface area contributed by atoms with Crippen molar-refractivity contribution in [1.29, 1.82) is 0 Å². The van der Waals surface area contributed by atoms with Crippen LogP contribution in [-0.2, 0) is 14.3 Å². The van der Waals surface area contributed by atoms with Gasteiger partial charge in [0, 0.05) is 52.0 Å². The van der Waals surface area contributed by atoms with Crippen LogP contribution >= 0.6 is 0 Å². The minimum absolute atomic E-state index is 0.0925. The number of ketones is 1. The summed E-state index contributed by atoms with van der Waals surface area (Å²) in [7, 11) is 0. The number of benzene rings is 1. The molecule has 0 aromatic heterocycles. The first kappa shape index (κ1) is 19.5. The molecular formula is C20H27N3O4. The van der Waals surface area contributed by atoms with Crippen molar-refractivity contribution in [2.75, 3.05) is 52.4 Å².